The van der Waals surface area contributed by atoms with Gasteiger partial charge in [0.2, 0.25) is 5.91 Å². The molecule has 0 atom stereocenters. The van der Waals surface area contributed by atoms with E-state index in [-0.39, 0.29) is 18.1 Å². The van der Waals surface area contributed by atoms with Gasteiger partial charge in [-0.05, 0) is 60.7 Å². The van der Waals surface area contributed by atoms with Gasteiger partial charge in [-0.3, -0.25) is 19.3 Å². The van der Waals surface area contributed by atoms with Crippen molar-refractivity contribution in [2.45, 2.75) is 13.5 Å². The van der Waals surface area contributed by atoms with E-state index in [0.717, 1.165) is 22.2 Å². The van der Waals surface area contributed by atoms with E-state index in [1.165, 1.54) is 0 Å². The number of nitrogens with one attached hydrogen (secondary N) is 1. The molecular weight excluding hydrogens is 490 g/mol. The molecule has 0 saturated carbocycles. The standard InChI is InChI=1S/C28H23N3O5S/c1-2-35-24-14-19(12-13-23(24)36-18-21-9-7-6-8-20(21)16-29)15-25-27(33)31(28(34)37-25)17-26(32)30-22-10-4-3-5-11-22/h3-15H,2,17-18H2,1H3,(H,30,32)/b25-15-. The SMILES string of the molecule is CCOc1cc(/C=C2\SC(=O)N(CC(=O)Nc3ccccc3)C2=O)ccc1OCc1ccccc1C#N. The van der Waals surface area contributed by atoms with Gasteiger partial charge in [-0.25, -0.2) is 0 Å². The van der Waals surface area contributed by atoms with Crippen LogP contribution in [0.3, 0.4) is 0 Å². The molecule has 1 aliphatic heterocycles. The number of imide groups is 1. The quantitative estimate of drug-likeness (QED) is 0.391. The Morgan fingerprint density at radius 2 is 1.78 bits per heavy atom. The Kier molecular flexibility index (Phi) is 8.23. The van der Waals surface area contributed by atoms with E-state index in [2.05, 4.69) is 11.4 Å². The van der Waals surface area contributed by atoms with Gasteiger partial charge in [0.15, 0.2) is 11.5 Å². The van der Waals surface area contributed by atoms with Gasteiger partial charge in [0.05, 0.1) is 23.1 Å². The predicted octanol–water partition coefficient (Wildman–Crippen LogP) is 5.21. The molecule has 8 nitrogen and oxygen atoms in total. The Morgan fingerprint density at radius 3 is 2.54 bits per heavy atom. The van der Waals surface area contributed by atoms with Crippen LogP contribution in [0, 0.1) is 11.3 Å². The van der Waals surface area contributed by atoms with Crippen LogP contribution in [-0.4, -0.2) is 35.1 Å². The number of ether oxygens (including phenoxy) is 2. The van der Waals surface area contributed by atoms with Crippen molar-refractivity contribution in [3.63, 3.8) is 0 Å². The molecule has 1 aliphatic rings. The first-order valence-corrected chi connectivity index (χ1v) is 12.3. The van der Waals surface area contributed by atoms with E-state index >= 15 is 0 Å². The largest absolute Gasteiger partial charge is 0.490 e. The highest BCUT2D eigenvalue weighted by Gasteiger charge is 2.36. The van der Waals surface area contributed by atoms with Crippen molar-refractivity contribution >= 4 is 40.6 Å². The Bertz CT molecular complexity index is 1400. The van der Waals surface area contributed by atoms with E-state index in [1.807, 2.05) is 25.1 Å². The molecular formula is C28H23N3O5S. The third kappa shape index (κ3) is 6.37. The zero-order valence-electron chi connectivity index (χ0n) is 20.0. The van der Waals surface area contributed by atoms with Crippen LogP contribution in [0.15, 0.2) is 77.7 Å². The normalized spacial score (nSPS) is 13.9. The lowest BCUT2D eigenvalue weighted by Gasteiger charge is -2.13. The topological polar surface area (TPSA) is 109 Å². The van der Waals surface area contributed by atoms with Crippen LogP contribution >= 0.6 is 11.8 Å². The van der Waals surface area contributed by atoms with Gasteiger partial charge in [-0.2, -0.15) is 5.26 Å². The maximum absolute atomic E-state index is 12.9. The molecule has 0 aliphatic carbocycles. The summed E-state index contributed by atoms with van der Waals surface area (Å²) in [4.78, 5) is 38.8. The second-order valence-electron chi connectivity index (χ2n) is 7.88. The van der Waals surface area contributed by atoms with Gasteiger partial charge in [-0.1, -0.05) is 42.5 Å². The number of rotatable bonds is 9. The lowest BCUT2D eigenvalue weighted by atomic mass is 10.1. The highest BCUT2D eigenvalue weighted by atomic mass is 32.2. The summed E-state index contributed by atoms with van der Waals surface area (Å²) in [5.41, 5.74) is 2.50. The third-order valence-electron chi connectivity index (χ3n) is 5.32. The molecule has 1 N–H and O–H groups in total. The summed E-state index contributed by atoms with van der Waals surface area (Å²) in [6, 6.07) is 23.3. The summed E-state index contributed by atoms with van der Waals surface area (Å²) in [6.07, 6.45) is 1.58. The minimum Gasteiger partial charge on any atom is -0.490 e. The molecule has 0 bridgehead atoms. The molecule has 3 aromatic rings. The van der Waals surface area contributed by atoms with Crippen LogP contribution in [0.4, 0.5) is 10.5 Å². The van der Waals surface area contributed by atoms with Gasteiger partial charge in [0, 0.05) is 11.3 Å². The average Bonchev–Trinajstić information content (AvgIpc) is 3.16. The van der Waals surface area contributed by atoms with E-state index in [9.17, 15) is 19.6 Å². The van der Waals surface area contributed by atoms with Gasteiger partial charge in [0.1, 0.15) is 13.2 Å². The van der Waals surface area contributed by atoms with Crippen molar-refractivity contribution in [3.8, 4) is 17.6 Å². The lowest BCUT2D eigenvalue weighted by molar-refractivity contribution is -0.127. The van der Waals surface area contributed by atoms with Gasteiger partial charge < -0.3 is 14.8 Å². The number of nitriles is 1. The summed E-state index contributed by atoms with van der Waals surface area (Å²) < 4.78 is 11.6. The molecule has 1 fully saturated rings. The number of nitrogens with zero attached hydrogens (tertiary/aromatic N) is 2. The van der Waals surface area contributed by atoms with Crippen LogP contribution in [0.2, 0.25) is 0 Å². The van der Waals surface area contributed by atoms with Gasteiger partial charge in [0.25, 0.3) is 11.1 Å². The van der Waals surface area contributed by atoms with Crippen LogP contribution in [-0.2, 0) is 16.2 Å². The molecule has 0 radical (unpaired) electrons. The number of thioether (sulfide) groups is 1. The summed E-state index contributed by atoms with van der Waals surface area (Å²) in [6.45, 7) is 2.04. The third-order valence-corrected chi connectivity index (χ3v) is 6.23. The maximum Gasteiger partial charge on any atom is 0.294 e. The Balaban J connectivity index is 1.46. The molecule has 0 unspecified atom stereocenters. The summed E-state index contributed by atoms with van der Waals surface area (Å²) in [5, 5.41) is 11.4. The second-order valence-corrected chi connectivity index (χ2v) is 8.87. The fraction of sp³-hybridized carbons (Fsp3) is 0.143. The smallest absolute Gasteiger partial charge is 0.294 e. The number of anilines is 1. The number of carbonyl (C=O) groups excluding carboxylic acids is 3. The van der Waals surface area contributed by atoms with Crippen molar-refractivity contribution in [3.05, 3.63) is 94.4 Å². The number of hydrogen-bond acceptors (Lipinski definition) is 7. The maximum atomic E-state index is 12.9. The molecule has 3 amide bonds. The zero-order valence-corrected chi connectivity index (χ0v) is 20.8. The van der Waals surface area contributed by atoms with Crippen LogP contribution < -0.4 is 14.8 Å². The Hall–Kier alpha value is -4.55. The van der Waals surface area contributed by atoms with Crippen molar-refractivity contribution in [2.24, 2.45) is 0 Å². The fourth-order valence-electron chi connectivity index (χ4n) is 3.57. The number of benzene rings is 3. The summed E-state index contributed by atoms with van der Waals surface area (Å²) in [5.74, 6) is -0.0537. The second kappa shape index (κ2) is 11.9. The van der Waals surface area contributed by atoms with E-state index in [4.69, 9.17) is 9.47 Å². The lowest BCUT2D eigenvalue weighted by Crippen LogP contribution is -2.36. The van der Waals surface area contributed by atoms with Crippen LogP contribution in [0.25, 0.3) is 6.08 Å². The van der Waals surface area contributed by atoms with Gasteiger partial charge >= 0.3 is 0 Å². The first kappa shape index (κ1) is 25.5. The van der Waals surface area contributed by atoms with Crippen LogP contribution in [0.1, 0.15) is 23.6 Å². The molecule has 9 heteroatoms. The molecule has 0 spiro atoms. The minimum absolute atomic E-state index is 0.188. The van der Waals surface area contributed by atoms with Crippen molar-refractivity contribution < 1.29 is 23.9 Å². The number of amides is 3. The van der Waals surface area contributed by atoms with Crippen molar-refractivity contribution in [1.82, 2.24) is 4.90 Å². The first-order chi connectivity index (χ1) is 18.0. The molecule has 186 valence electrons. The monoisotopic (exact) mass is 513 g/mol. The van der Waals surface area contributed by atoms with Crippen molar-refractivity contribution in [2.75, 3.05) is 18.5 Å². The minimum atomic E-state index is -0.537. The molecule has 0 aromatic heterocycles. The highest BCUT2D eigenvalue weighted by Crippen LogP contribution is 2.35. The molecule has 1 saturated heterocycles. The predicted molar refractivity (Wildman–Crippen MR) is 141 cm³/mol. The van der Waals surface area contributed by atoms with Crippen molar-refractivity contribution in [1.29, 1.82) is 5.26 Å². The first-order valence-electron chi connectivity index (χ1n) is 11.5. The summed E-state index contributed by atoms with van der Waals surface area (Å²) in [7, 11) is 0. The molecule has 37 heavy (non-hydrogen) atoms. The summed E-state index contributed by atoms with van der Waals surface area (Å²) >= 11 is 0.776. The Morgan fingerprint density at radius 1 is 1.03 bits per heavy atom. The average molecular weight is 514 g/mol. The number of hydrogen-bond donors (Lipinski definition) is 1. The Labute approximate surface area is 218 Å². The number of para-hydroxylation sites is 1. The fourth-order valence-corrected chi connectivity index (χ4v) is 4.40. The van der Waals surface area contributed by atoms with E-state index < -0.39 is 17.1 Å². The number of carbonyl (C=O) groups is 3. The molecule has 3 aromatic carbocycles. The van der Waals surface area contributed by atoms with E-state index in [0.29, 0.717) is 34.9 Å². The van der Waals surface area contributed by atoms with Crippen LogP contribution in [0.5, 0.6) is 11.5 Å². The molecule has 4 rings (SSSR count). The molecule has 1 heterocycles. The van der Waals surface area contributed by atoms with E-state index in [1.54, 1.807) is 60.7 Å². The zero-order chi connectivity index (χ0) is 26.2. The highest BCUT2D eigenvalue weighted by molar-refractivity contribution is 8.18. The van der Waals surface area contributed by atoms with Gasteiger partial charge in [-0.15, -0.1) is 0 Å².